The van der Waals surface area contributed by atoms with E-state index in [0.29, 0.717) is 22.7 Å². The van der Waals surface area contributed by atoms with Crippen molar-refractivity contribution in [2.45, 2.75) is 56.5 Å². The highest BCUT2D eigenvalue weighted by Gasteiger charge is 2.35. The first-order valence-corrected chi connectivity index (χ1v) is 12.0. The van der Waals surface area contributed by atoms with Crippen LogP contribution in [0.1, 0.15) is 54.7 Å². The molecule has 31 heavy (non-hydrogen) atoms. The number of amides is 1. The summed E-state index contributed by atoms with van der Waals surface area (Å²) in [5.74, 6) is -0.759. The van der Waals surface area contributed by atoms with Crippen LogP contribution in [0.25, 0.3) is 0 Å². The molecule has 1 saturated carbocycles. The minimum atomic E-state index is -2.86. The van der Waals surface area contributed by atoms with Crippen LogP contribution in [0.4, 0.5) is 10.1 Å². The number of hydrogen-bond acceptors (Lipinski definition) is 4. The molecule has 0 bridgehead atoms. The number of carbonyl (C=O) groups excluding carboxylic acids is 1. The molecule has 7 nitrogen and oxygen atoms in total. The molecule has 1 aromatic carbocycles. The van der Waals surface area contributed by atoms with E-state index in [1.165, 1.54) is 12.1 Å². The fraction of sp³-hybridized carbons (Fsp3) is 0.455. The lowest BCUT2D eigenvalue weighted by atomic mass is 9.97. The molecule has 1 amide bonds. The van der Waals surface area contributed by atoms with Gasteiger partial charge in [-0.25, -0.2) is 17.7 Å². The SMILES string of the molecule is CC(C)C1CCc2c(cn(C)c2C(=O)Nc2ccc(F)c(C#N)c2)S(=O)(=NC2CC2)N1. The van der Waals surface area contributed by atoms with Gasteiger partial charge in [-0.2, -0.15) is 5.26 Å². The monoisotopic (exact) mass is 443 g/mol. The van der Waals surface area contributed by atoms with Crippen LogP contribution in [0.2, 0.25) is 0 Å². The van der Waals surface area contributed by atoms with Gasteiger partial charge in [-0.05, 0) is 49.8 Å². The van der Waals surface area contributed by atoms with E-state index in [9.17, 15) is 13.4 Å². The predicted octanol–water partition coefficient (Wildman–Crippen LogP) is 3.75. The summed E-state index contributed by atoms with van der Waals surface area (Å²) in [6.07, 6.45) is 4.94. The molecular formula is C22H26FN5O2S. The minimum absolute atomic E-state index is 0.0268. The molecule has 0 saturated heterocycles. The molecule has 2 aromatic rings. The van der Waals surface area contributed by atoms with Crippen molar-refractivity contribution in [3.8, 4) is 6.07 Å². The van der Waals surface area contributed by atoms with Crippen LogP contribution in [-0.2, 0) is 23.4 Å². The molecule has 2 unspecified atom stereocenters. The smallest absolute Gasteiger partial charge is 0.272 e. The van der Waals surface area contributed by atoms with Crippen molar-refractivity contribution in [2.24, 2.45) is 17.3 Å². The average molecular weight is 444 g/mol. The van der Waals surface area contributed by atoms with Crippen LogP contribution in [-0.4, -0.2) is 26.8 Å². The van der Waals surface area contributed by atoms with Gasteiger partial charge in [0.1, 0.15) is 27.5 Å². The zero-order valence-corrected chi connectivity index (χ0v) is 18.6. The molecule has 2 aliphatic rings. The standard InChI is InChI=1S/C22H26FN5O2S/c1-13(2)19-9-7-17-20(31(30,27-19)26-15-4-5-15)12-28(3)21(17)22(29)25-16-6-8-18(23)14(10-16)11-24/h6,8,10,12-13,15,19H,4-5,7,9H2,1-3H3,(H,25,29)(H,26,27,30). The topological polar surface area (TPSA) is 99.3 Å². The third kappa shape index (κ3) is 4.23. The van der Waals surface area contributed by atoms with Gasteiger partial charge in [0.15, 0.2) is 0 Å². The van der Waals surface area contributed by atoms with Gasteiger partial charge in [-0.15, -0.1) is 0 Å². The van der Waals surface area contributed by atoms with Gasteiger partial charge < -0.3 is 9.88 Å². The number of hydrogen-bond donors (Lipinski definition) is 2. The lowest BCUT2D eigenvalue weighted by Crippen LogP contribution is -2.37. The number of aryl methyl sites for hydroxylation is 1. The highest BCUT2D eigenvalue weighted by Crippen LogP contribution is 2.34. The van der Waals surface area contributed by atoms with Crippen molar-refractivity contribution in [3.05, 3.63) is 47.0 Å². The summed E-state index contributed by atoms with van der Waals surface area (Å²) in [6.45, 7) is 4.17. The van der Waals surface area contributed by atoms with E-state index in [-0.39, 0.29) is 23.6 Å². The number of nitriles is 1. The van der Waals surface area contributed by atoms with Crippen molar-refractivity contribution in [1.29, 1.82) is 5.26 Å². The molecular weight excluding hydrogens is 417 g/mol. The number of rotatable bonds is 4. The van der Waals surface area contributed by atoms with E-state index in [4.69, 9.17) is 5.26 Å². The minimum Gasteiger partial charge on any atom is -0.345 e. The number of benzene rings is 1. The fourth-order valence-electron chi connectivity index (χ4n) is 3.88. The van der Waals surface area contributed by atoms with Gasteiger partial charge in [-0.3, -0.25) is 4.79 Å². The Hall–Kier alpha value is -2.70. The zero-order valence-electron chi connectivity index (χ0n) is 17.8. The Labute approximate surface area is 182 Å². The maximum absolute atomic E-state index is 14.0. The number of fused-ring (bicyclic) bond motifs is 1. The first kappa shape index (κ1) is 21.5. The molecule has 2 heterocycles. The second kappa shape index (κ2) is 8.09. The second-order valence-electron chi connectivity index (χ2n) is 8.56. The number of aromatic nitrogens is 1. The van der Waals surface area contributed by atoms with Crippen LogP contribution in [0.3, 0.4) is 0 Å². The summed E-state index contributed by atoms with van der Waals surface area (Å²) in [6, 6.07) is 5.76. The quantitative estimate of drug-likeness (QED) is 0.753. The van der Waals surface area contributed by atoms with Crippen molar-refractivity contribution < 1.29 is 13.4 Å². The van der Waals surface area contributed by atoms with Gasteiger partial charge in [0.2, 0.25) is 0 Å². The lowest BCUT2D eigenvalue weighted by molar-refractivity contribution is 0.101. The van der Waals surface area contributed by atoms with E-state index in [0.717, 1.165) is 30.9 Å². The molecule has 9 heteroatoms. The molecule has 1 aromatic heterocycles. The van der Waals surface area contributed by atoms with E-state index in [2.05, 4.69) is 28.2 Å². The summed E-state index contributed by atoms with van der Waals surface area (Å²) in [5.41, 5.74) is 1.32. The maximum atomic E-state index is 14.0. The van der Waals surface area contributed by atoms with Crippen molar-refractivity contribution in [3.63, 3.8) is 0 Å². The van der Waals surface area contributed by atoms with E-state index in [1.54, 1.807) is 23.9 Å². The van der Waals surface area contributed by atoms with E-state index in [1.807, 2.05) is 0 Å². The number of nitrogens with one attached hydrogen (secondary N) is 2. The summed E-state index contributed by atoms with van der Waals surface area (Å²) < 4.78 is 37.2. The summed E-state index contributed by atoms with van der Waals surface area (Å²) in [4.78, 5) is 13.7. The molecule has 0 spiro atoms. The molecule has 1 aliphatic heterocycles. The molecule has 2 atom stereocenters. The molecule has 4 rings (SSSR count). The Morgan fingerprint density at radius 1 is 1.39 bits per heavy atom. The fourth-order valence-corrected chi connectivity index (χ4v) is 6.44. The van der Waals surface area contributed by atoms with E-state index >= 15 is 0 Å². The Morgan fingerprint density at radius 2 is 2.13 bits per heavy atom. The third-order valence-corrected chi connectivity index (χ3v) is 7.94. The Kier molecular flexibility index (Phi) is 5.62. The van der Waals surface area contributed by atoms with Gasteiger partial charge >= 0.3 is 0 Å². The van der Waals surface area contributed by atoms with Crippen molar-refractivity contribution >= 4 is 21.5 Å². The molecule has 0 radical (unpaired) electrons. The summed E-state index contributed by atoms with van der Waals surface area (Å²) in [5, 5.41) is 11.8. The summed E-state index contributed by atoms with van der Waals surface area (Å²) >= 11 is 0. The van der Waals surface area contributed by atoms with Crippen LogP contribution in [0, 0.1) is 23.1 Å². The molecule has 1 fully saturated rings. The zero-order chi connectivity index (χ0) is 22.3. The third-order valence-electron chi connectivity index (χ3n) is 5.77. The Balaban J connectivity index is 1.74. The summed E-state index contributed by atoms with van der Waals surface area (Å²) in [7, 11) is -1.12. The van der Waals surface area contributed by atoms with Gasteiger partial charge in [0, 0.05) is 30.5 Å². The van der Waals surface area contributed by atoms with Crippen molar-refractivity contribution in [2.75, 3.05) is 5.32 Å². The maximum Gasteiger partial charge on any atom is 0.272 e. The molecule has 2 N–H and O–H groups in total. The second-order valence-corrected chi connectivity index (χ2v) is 10.5. The van der Waals surface area contributed by atoms with Crippen LogP contribution in [0.15, 0.2) is 33.7 Å². The molecule has 164 valence electrons. The first-order valence-electron chi connectivity index (χ1n) is 10.4. The van der Waals surface area contributed by atoms with Crippen molar-refractivity contribution in [1.82, 2.24) is 9.29 Å². The number of halogens is 1. The highest BCUT2D eigenvalue weighted by molar-refractivity contribution is 7.91. The van der Waals surface area contributed by atoms with Gasteiger partial charge in [0.05, 0.1) is 16.5 Å². The lowest BCUT2D eigenvalue weighted by Gasteiger charge is -2.21. The number of anilines is 1. The van der Waals surface area contributed by atoms with E-state index < -0.39 is 21.6 Å². The Bertz CT molecular complexity index is 1200. The predicted molar refractivity (Wildman–Crippen MR) is 116 cm³/mol. The molecule has 1 aliphatic carbocycles. The van der Waals surface area contributed by atoms with Gasteiger partial charge in [-0.1, -0.05) is 13.8 Å². The van der Waals surface area contributed by atoms with Crippen LogP contribution < -0.4 is 10.0 Å². The Morgan fingerprint density at radius 3 is 2.77 bits per heavy atom. The average Bonchev–Trinajstić information content (AvgIpc) is 3.47. The largest absolute Gasteiger partial charge is 0.345 e. The first-order chi connectivity index (χ1) is 14.7. The number of carbonyl (C=O) groups is 1. The van der Waals surface area contributed by atoms with Crippen LogP contribution >= 0.6 is 0 Å². The highest BCUT2D eigenvalue weighted by atomic mass is 32.2. The van der Waals surface area contributed by atoms with Gasteiger partial charge in [0.25, 0.3) is 5.91 Å². The normalized spacial score (nSPS) is 23.0. The van der Waals surface area contributed by atoms with Crippen LogP contribution in [0.5, 0.6) is 0 Å². The number of nitrogens with zero attached hydrogens (tertiary/aromatic N) is 3.